The fraction of sp³-hybridized carbons (Fsp3) is 0.294. The molecule has 2 heterocycles. The van der Waals surface area contributed by atoms with Crippen molar-refractivity contribution in [3.8, 4) is 0 Å². The fourth-order valence-corrected chi connectivity index (χ4v) is 2.54. The number of imidazole rings is 1. The summed E-state index contributed by atoms with van der Waals surface area (Å²) in [7, 11) is 0. The Morgan fingerprint density at radius 3 is 2.87 bits per heavy atom. The van der Waals surface area contributed by atoms with Crippen molar-refractivity contribution in [3.05, 3.63) is 58.5 Å². The number of para-hydroxylation sites is 2. The number of hydrogen-bond acceptors (Lipinski definition) is 4. The van der Waals surface area contributed by atoms with E-state index in [1.165, 1.54) is 0 Å². The van der Waals surface area contributed by atoms with Crippen molar-refractivity contribution >= 4 is 17.0 Å². The van der Waals surface area contributed by atoms with Crippen molar-refractivity contribution in [2.45, 2.75) is 13.5 Å². The standard InChI is InChI=1S/C17H21N5O/c1-2-22(12-13-6-5-9-18-16(13)23)11-10-19-17-20-14-7-3-4-8-15(14)21-17/h3-9H,2,10-12H2,1H3,(H,18,23)(H2,19,20,21). The summed E-state index contributed by atoms with van der Waals surface area (Å²) in [6, 6.07) is 11.7. The lowest BCUT2D eigenvalue weighted by Gasteiger charge is -2.20. The number of likely N-dealkylation sites (N-methyl/N-ethyl adjacent to an activating group) is 1. The molecule has 0 saturated heterocycles. The first-order valence-corrected chi connectivity index (χ1v) is 7.84. The van der Waals surface area contributed by atoms with Crippen molar-refractivity contribution in [2.75, 3.05) is 25.0 Å². The topological polar surface area (TPSA) is 76.8 Å². The molecule has 0 unspecified atom stereocenters. The minimum Gasteiger partial charge on any atom is -0.355 e. The average molecular weight is 311 g/mol. The van der Waals surface area contributed by atoms with E-state index in [2.05, 4.69) is 32.1 Å². The Labute approximate surface area is 134 Å². The number of aromatic nitrogens is 3. The number of nitrogens with one attached hydrogen (secondary N) is 3. The van der Waals surface area contributed by atoms with E-state index < -0.39 is 0 Å². The van der Waals surface area contributed by atoms with Gasteiger partial charge in [0.1, 0.15) is 0 Å². The third-order valence-electron chi connectivity index (χ3n) is 3.85. The summed E-state index contributed by atoms with van der Waals surface area (Å²) in [5.41, 5.74) is 2.76. The van der Waals surface area contributed by atoms with E-state index in [9.17, 15) is 4.79 Å². The molecule has 3 N–H and O–H groups in total. The highest BCUT2D eigenvalue weighted by Gasteiger charge is 2.07. The maximum absolute atomic E-state index is 11.8. The summed E-state index contributed by atoms with van der Waals surface area (Å²) in [5.74, 6) is 0.778. The van der Waals surface area contributed by atoms with Crippen molar-refractivity contribution in [3.63, 3.8) is 0 Å². The van der Waals surface area contributed by atoms with Gasteiger partial charge >= 0.3 is 0 Å². The zero-order valence-corrected chi connectivity index (χ0v) is 13.2. The van der Waals surface area contributed by atoms with Crippen molar-refractivity contribution in [1.29, 1.82) is 0 Å². The van der Waals surface area contributed by atoms with Crippen LogP contribution < -0.4 is 10.9 Å². The maximum atomic E-state index is 11.8. The van der Waals surface area contributed by atoms with E-state index >= 15 is 0 Å². The number of hydrogen-bond donors (Lipinski definition) is 3. The number of rotatable bonds is 7. The molecular weight excluding hydrogens is 290 g/mol. The number of pyridine rings is 1. The molecule has 0 fully saturated rings. The van der Waals surface area contributed by atoms with Crippen LogP contribution in [-0.4, -0.2) is 39.5 Å². The number of aromatic amines is 2. The molecule has 0 atom stereocenters. The predicted octanol–water partition coefficient (Wildman–Crippen LogP) is 2.19. The largest absolute Gasteiger partial charge is 0.355 e. The molecule has 0 aliphatic heterocycles. The molecular formula is C17H21N5O. The molecule has 120 valence electrons. The van der Waals surface area contributed by atoms with Crippen LogP contribution in [0.1, 0.15) is 12.5 Å². The SMILES string of the molecule is CCN(CCNc1nc2ccccc2[nH]1)Cc1ccc[nH]c1=O. The van der Waals surface area contributed by atoms with Gasteiger partial charge in [0.15, 0.2) is 0 Å². The first-order valence-electron chi connectivity index (χ1n) is 7.84. The number of fused-ring (bicyclic) bond motifs is 1. The van der Waals surface area contributed by atoms with E-state index in [1.807, 2.05) is 36.4 Å². The Hall–Kier alpha value is -2.60. The van der Waals surface area contributed by atoms with Crippen LogP contribution in [0.25, 0.3) is 11.0 Å². The van der Waals surface area contributed by atoms with E-state index in [-0.39, 0.29) is 5.56 Å². The molecule has 2 aromatic heterocycles. The minimum atomic E-state index is -0.0174. The smallest absolute Gasteiger partial charge is 0.252 e. The summed E-state index contributed by atoms with van der Waals surface area (Å²) >= 11 is 0. The number of benzene rings is 1. The fourth-order valence-electron chi connectivity index (χ4n) is 2.54. The van der Waals surface area contributed by atoms with E-state index in [0.717, 1.165) is 42.2 Å². The Morgan fingerprint density at radius 2 is 2.09 bits per heavy atom. The number of anilines is 1. The summed E-state index contributed by atoms with van der Waals surface area (Å²) in [6.45, 7) is 5.23. The van der Waals surface area contributed by atoms with Crippen LogP contribution in [0.15, 0.2) is 47.4 Å². The average Bonchev–Trinajstić information content (AvgIpc) is 2.98. The van der Waals surface area contributed by atoms with Crippen LogP contribution in [0.4, 0.5) is 5.95 Å². The van der Waals surface area contributed by atoms with Crippen LogP contribution in [-0.2, 0) is 6.54 Å². The zero-order valence-electron chi connectivity index (χ0n) is 13.2. The first kappa shape index (κ1) is 15.3. The van der Waals surface area contributed by atoms with Gasteiger partial charge in [0.05, 0.1) is 11.0 Å². The first-order chi connectivity index (χ1) is 11.3. The van der Waals surface area contributed by atoms with Gasteiger partial charge < -0.3 is 15.3 Å². The Bertz CT molecular complexity index is 790. The van der Waals surface area contributed by atoms with Gasteiger partial charge in [-0.2, -0.15) is 0 Å². The van der Waals surface area contributed by atoms with E-state index in [0.29, 0.717) is 6.54 Å². The van der Waals surface area contributed by atoms with Crippen LogP contribution >= 0.6 is 0 Å². The van der Waals surface area contributed by atoms with Crippen molar-refractivity contribution < 1.29 is 0 Å². The van der Waals surface area contributed by atoms with E-state index in [4.69, 9.17) is 0 Å². The van der Waals surface area contributed by atoms with Gasteiger partial charge in [-0.1, -0.05) is 25.1 Å². The summed E-state index contributed by atoms with van der Waals surface area (Å²) in [4.78, 5) is 24.4. The monoisotopic (exact) mass is 311 g/mol. The van der Waals surface area contributed by atoms with Gasteiger partial charge in [-0.05, 0) is 24.7 Å². The molecule has 0 saturated carbocycles. The molecule has 0 bridgehead atoms. The normalized spacial score (nSPS) is 11.2. The molecule has 3 rings (SSSR count). The minimum absolute atomic E-state index is 0.0174. The second kappa shape index (κ2) is 7.11. The third kappa shape index (κ3) is 3.78. The van der Waals surface area contributed by atoms with Crippen molar-refractivity contribution in [2.24, 2.45) is 0 Å². The molecule has 6 heteroatoms. The van der Waals surface area contributed by atoms with Crippen LogP contribution in [0.3, 0.4) is 0 Å². The Kier molecular flexibility index (Phi) is 4.73. The molecule has 0 amide bonds. The molecule has 23 heavy (non-hydrogen) atoms. The molecule has 0 aliphatic carbocycles. The Balaban J connectivity index is 1.56. The van der Waals surface area contributed by atoms with Crippen LogP contribution in [0, 0.1) is 0 Å². The van der Waals surface area contributed by atoms with Gasteiger partial charge in [0.25, 0.3) is 5.56 Å². The predicted molar refractivity (Wildman–Crippen MR) is 92.6 cm³/mol. The second-order valence-electron chi connectivity index (χ2n) is 5.42. The number of H-pyrrole nitrogens is 2. The number of nitrogens with zero attached hydrogens (tertiary/aromatic N) is 2. The zero-order chi connectivity index (χ0) is 16.1. The van der Waals surface area contributed by atoms with Gasteiger partial charge in [-0.3, -0.25) is 9.69 Å². The highest BCUT2D eigenvalue weighted by atomic mass is 16.1. The van der Waals surface area contributed by atoms with Gasteiger partial charge in [-0.15, -0.1) is 0 Å². The molecule has 6 nitrogen and oxygen atoms in total. The van der Waals surface area contributed by atoms with Gasteiger partial charge in [0, 0.05) is 31.4 Å². The molecule has 1 aromatic carbocycles. The second-order valence-corrected chi connectivity index (χ2v) is 5.42. The lowest BCUT2D eigenvalue weighted by molar-refractivity contribution is 0.290. The maximum Gasteiger partial charge on any atom is 0.252 e. The lowest BCUT2D eigenvalue weighted by atomic mass is 10.2. The Morgan fingerprint density at radius 1 is 1.22 bits per heavy atom. The third-order valence-corrected chi connectivity index (χ3v) is 3.85. The van der Waals surface area contributed by atoms with Crippen LogP contribution in [0.5, 0.6) is 0 Å². The highest BCUT2D eigenvalue weighted by molar-refractivity contribution is 5.77. The van der Waals surface area contributed by atoms with Gasteiger partial charge in [0.2, 0.25) is 5.95 Å². The van der Waals surface area contributed by atoms with Crippen LogP contribution in [0.2, 0.25) is 0 Å². The summed E-state index contributed by atoms with van der Waals surface area (Å²) in [6.07, 6.45) is 1.66. The van der Waals surface area contributed by atoms with E-state index in [1.54, 1.807) is 6.20 Å². The van der Waals surface area contributed by atoms with Crippen molar-refractivity contribution in [1.82, 2.24) is 19.9 Å². The molecule has 0 spiro atoms. The summed E-state index contributed by atoms with van der Waals surface area (Å²) < 4.78 is 0. The van der Waals surface area contributed by atoms with Gasteiger partial charge in [-0.25, -0.2) is 4.98 Å². The lowest BCUT2D eigenvalue weighted by Crippen LogP contribution is -2.31. The summed E-state index contributed by atoms with van der Waals surface area (Å²) in [5, 5.41) is 3.31. The quantitative estimate of drug-likeness (QED) is 0.625. The molecule has 0 radical (unpaired) electrons. The molecule has 3 aromatic rings. The molecule has 0 aliphatic rings. The highest BCUT2D eigenvalue weighted by Crippen LogP contribution is 2.12.